The summed E-state index contributed by atoms with van der Waals surface area (Å²) in [6, 6.07) is 6.84. The number of fused-ring (bicyclic) bond motifs is 1. The number of rotatable bonds is 0. The zero-order chi connectivity index (χ0) is 13.8. The molecule has 1 atom stereocenters. The minimum Gasteiger partial charge on any atom is -0.0625 e. The highest BCUT2D eigenvalue weighted by Gasteiger charge is 2.16. The molecule has 0 heteroatoms. The number of hydrogen-bond donors (Lipinski definition) is 0. The summed E-state index contributed by atoms with van der Waals surface area (Å²) < 4.78 is 0. The fourth-order valence-electron chi connectivity index (χ4n) is 3.39. The van der Waals surface area contributed by atoms with Crippen LogP contribution < -0.4 is 0 Å². The lowest BCUT2D eigenvalue weighted by Gasteiger charge is -2.22. The molecule has 0 amide bonds. The molecule has 3 rings (SSSR count). The van der Waals surface area contributed by atoms with E-state index in [0.717, 1.165) is 17.8 Å². The fourth-order valence-corrected chi connectivity index (χ4v) is 3.39. The zero-order valence-electron chi connectivity index (χ0n) is 13.2. The van der Waals surface area contributed by atoms with Crippen LogP contribution >= 0.6 is 0 Å². The molecule has 1 aromatic rings. The number of aryl methyl sites for hydroxylation is 1. The second kappa shape index (κ2) is 6.59. The Hall–Kier alpha value is -0.780. The fraction of sp³-hybridized carbons (Fsp3) is 0.684. The quantitative estimate of drug-likeness (QED) is 0.571. The largest absolute Gasteiger partial charge is 0.0625 e. The third-order valence-electron chi connectivity index (χ3n) is 4.80. The first-order valence-electron chi connectivity index (χ1n) is 8.13. The van der Waals surface area contributed by atoms with E-state index in [-0.39, 0.29) is 0 Å². The average Bonchev–Trinajstić information content (AvgIpc) is 2.73. The van der Waals surface area contributed by atoms with Gasteiger partial charge in [-0.1, -0.05) is 70.2 Å². The molecule has 106 valence electrons. The van der Waals surface area contributed by atoms with Crippen LogP contribution in [0, 0.1) is 24.7 Å². The second-order valence-electron chi connectivity index (χ2n) is 7.15. The number of hydrogen-bond acceptors (Lipinski definition) is 0. The summed E-state index contributed by atoms with van der Waals surface area (Å²) in [7, 11) is 0. The molecule has 0 nitrogen and oxygen atoms in total. The van der Waals surface area contributed by atoms with Gasteiger partial charge in [0.2, 0.25) is 0 Å². The molecule has 0 aliphatic heterocycles. The SMILES string of the molecule is CC1CCC(C)CC1.Cc1ccc2c(c1)CC(C)C2. The van der Waals surface area contributed by atoms with Gasteiger partial charge in [0.15, 0.2) is 0 Å². The molecular formula is C19H30. The van der Waals surface area contributed by atoms with E-state index in [1.54, 1.807) is 11.1 Å². The summed E-state index contributed by atoms with van der Waals surface area (Å²) >= 11 is 0. The van der Waals surface area contributed by atoms with E-state index >= 15 is 0 Å². The molecule has 1 aromatic carbocycles. The van der Waals surface area contributed by atoms with Gasteiger partial charge in [-0.25, -0.2) is 0 Å². The van der Waals surface area contributed by atoms with Gasteiger partial charge in [-0.15, -0.1) is 0 Å². The number of benzene rings is 1. The van der Waals surface area contributed by atoms with Crippen molar-refractivity contribution in [2.75, 3.05) is 0 Å². The van der Waals surface area contributed by atoms with Crippen molar-refractivity contribution in [2.45, 2.75) is 66.2 Å². The van der Waals surface area contributed by atoms with Gasteiger partial charge in [0.1, 0.15) is 0 Å². The minimum absolute atomic E-state index is 0.867. The van der Waals surface area contributed by atoms with Crippen LogP contribution in [0.5, 0.6) is 0 Å². The Balaban J connectivity index is 0.000000148. The lowest BCUT2D eigenvalue weighted by Crippen LogP contribution is -2.08. The third-order valence-corrected chi connectivity index (χ3v) is 4.80. The molecule has 1 saturated carbocycles. The summed E-state index contributed by atoms with van der Waals surface area (Å²) in [5, 5.41) is 0. The molecule has 0 spiro atoms. The third kappa shape index (κ3) is 4.37. The molecule has 1 fully saturated rings. The van der Waals surface area contributed by atoms with Gasteiger partial charge in [-0.3, -0.25) is 0 Å². The molecule has 0 radical (unpaired) electrons. The standard InChI is InChI=1S/C11H14.C8H16/c1-8-3-4-10-6-9(2)7-11(10)5-8;1-7-3-5-8(2)6-4-7/h3-5,9H,6-7H2,1-2H3;7-8H,3-6H2,1-2H3. The first-order chi connectivity index (χ1) is 9.04. The van der Waals surface area contributed by atoms with Crippen molar-refractivity contribution in [3.63, 3.8) is 0 Å². The van der Waals surface area contributed by atoms with Crippen LogP contribution in [0.4, 0.5) is 0 Å². The molecule has 2 aliphatic carbocycles. The predicted molar refractivity (Wildman–Crippen MR) is 84.5 cm³/mol. The van der Waals surface area contributed by atoms with Gasteiger partial charge in [0.05, 0.1) is 0 Å². The highest BCUT2D eigenvalue weighted by Crippen LogP contribution is 2.27. The van der Waals surface area contributed by atoms with Gasteiger partial charge >= 0.3 is 0 Å². The Kier molecular flexibility index (Phi) is 5.07. The highest BCUT2D eigenvalue weighted by atomic mass is 14.2. The molecule has 0 heterocycles. The van der Waals surface area contributed by atoms with Crippen molar-refractivity contribution in [1.82, 2.24) is 0 Å². The molecule has 2 aliphatic rings. The maximum Gasteiger partial charge on any atom is -0.0247 e. The van der Waals surface area contributed by atoms with Gasteiger partial charge < -0.3 is 0 Å². The Morgan fingerprint density at radius 2 is 1.26 bits per heavy atom. The van der Waals surface area contributed by atoms with Crippen LogP contribution in [0.1, 0.15) is 63.1 Å². The lowest BCUT2D eigenvalue weighted by atomic mass is 9.84. The smallest absolute Gasteiger partial charge is 0.0247 e. The molecule has 19 heavy (non-hydrogen) atoms. The summed E-state index contributed by atoms with van der Waals surface area (Å²) in [4.78, 5) is 0. The van der Waals surface area contributed by atoms with E-state index in [4.69, 9.17) is 0 Å². The summed E-state index contributed by atoms with van der Waals surface area (Å²) in [5.74, 6) is 2.91. The normalized spacial score (nSPS) is 29.4. The highest BCUT2D eigenvalue weighted by molar-refractivity contribution is 5.35. The first kappa shape index (κ1) is 14.6. The van der Waals surface area contributed by atoms with Crippen molar-refractivity contribution in [1.29, 1.82) is 0 Å². The van der Waals surface area contributed by atoms with Crippen molar-refractivity contribution >= 4 is 0 Å². The van der Waals surface area contributed by atoms with Gasteiger partial charge in [0.25, 0.3) is 0 Å². The second-order valence-corrected chi connectivity index (χ2v) is 7.15. The van der Waals surface area contributed by atoms with Gasteiger partial charge in [-0.05, 0) is 48.6 Å². The Morgan fingerprint density at radius 1 is 0.737 bits per heavy atom. The van der Waals surface area contributed by atoms with Gasteiger partial charge in [-0.2, -0.15) is 0 Å². The Labute approximate surface area is 119 Å². The Morgan fingerprint density at radius 3 is 1.84 bits per heavy atom. The first-order valence-corrected chi connectivity index (χ1v) is 8.13. The minimum atomic E-state index is 0.867. The van der Waals surface area contributed by atoms with Crippen LogP contribution in [0.2, 0.25) is 0 Å². The molecule has 0 saturated heterocycles. The van der Waals surface area contributed by atoms with E-state index in [2.05, 4.69) is 45.9 Å². The molecular weight excluding hydrogens is 228 g/mol. The van der Waals surface area contributed by atoms with Crippen LogP contribution in [0.3, 0.4) is 0 Å². The lowest BCUT2D eigenvalue weighted by molar-refractivity contribution is 0.308. The molecule has 0 bridgehead atoms. The molecule has 0 aromatic heterocycles. The Bertz CT molecular complexity index is 386. The van der Waals surface area contributed by atoms with E-state index in [1.165, 1.54) is 44.1 Å². The summed E-state index contributed by atoms with van der Waals surface area (Å²) in [6.45, 7) is 9.23. The van der Waals surface area contributed by atoms with Crippen LogP contribution in [0.15, 0.2) is 18.2 Å². The predicted octanol–water partition coefficient (Wildman–Crippen LogP) is 5.56. The monoisotopic (exact) mass is 258 g/mol. The van der Waals surface area contributed by atoms with E-state index < -0.39 is 0 Å². The summed E-state index contributed by atoms with van der Waals surface area (Å²) in [5.41, 5.74) is 4.55. The molecule has 1 unspecified atom stereocenters. The zero-order valence-corrected chi connectivity index (χ0v) is 13.2. The van der Waals surface area contributed by atoms with Crippen molar-refractivity contribution in [2.24, 2.45) is 17.8 Å². The van der Waals surface area contributed by atoms with E-state index in [9.17, 15) is 0 Å². The van der Waals surface area contributed by atoms with Crippen molar-refractivity contribution < 1.29 is 0 Å². The van der Waals surface area contributed by atoms with Gasteiger partial charge in [0, 0.05) is 0 Å². The van der Waals surface area contributed by atoms with E-state index in [0.29, 0.717) is 0 Å². The summed E-state index contributed by atoms with van der Waals surface area (Å²) in [6.07, 6.45) is 8.47. The maximum atomic E-state index is 2.37. The maximum absolute atomic E-state index is 2.37. The van der Waals surface area contributed by atoms with Crippen LogP contribution in [-0.4, -0.2) is 0 Å². The average molecular weight is 258 g/mol. The van der Waals surface area contributed by atoms with Crippen molar-refractivity contribution in [3.05, 3.63) is 34.9 Å². The van der Waals surface area contributed by atoms with E-state index in [1.807, 2.05) is 0 Å². The van der Waals surface area contributed by atoms with Crippen LogP contribution in [-0.2, 0) is 12.8 Å². The van der Waals surface area contributed by atoms with Crippen LogP contribution in [0.25, 0.3) is 0 Å². The topological polar surface area (TPSA) is 0 Å². The van der Waals surface area contributed by atoms with Crippen molar-refractivity contribution in [3.8, 4) is 0 Å². The molecule has 0 N–H and O–H groups in total.